The van der Waals surface area contributed by atoms with E-state index >= 15 is 0 Å². The molecule has 88 valence electrons. The highest BCUT2D eigenvalue weighted by atomic mass is 16.5. The summed E-state index contributed by atoms with van der Waals surface area (Å²) in [4.78, 5) is 0. The molecule has 0 saturated heterocycles. The summed E-state index contributed by atoms with van der Waals surface area (Å²) in [6.45, 7) is 7.18. The maximum Gasteiger partial charge on any atom is 0.0614 e. The zero-order chi connectivity index (χ0) is 11.5. The van der Waals surface area contributed by atoms with E-state index in [0.717, 1.165) is 19.4 Å². The van der Waals surface area contributed by atoms with Crippen molar-refractivity contribution in [3.8, 4) is 0 Å². The van der Waals surface area contributed by atoms with Crippen LogP contribution in [-0.4, -0.2) is 18.8 Å². The Kier molecular flexibility index (Phi) is 3.49. The average Bonchev–Trinajstić information content (AvgIpc) is 2.20. The molecule has 0 atom stereocenters. The smallest absolute Gasteiger partial charge is 0.0614 e. The Morgan fingerprint density at radius 2 is 2.06 bits per heavy atom. The standard InChI is InChI=1S/C14H21NO/c1-4-16-13-8-12(9-13)15-14-7-10(2)5-6-11(14)3/h5-7,12-13,15H,4,8-9H2,1-3H3. The van der Waals surface area contributed by atoms with E-state index in [9.17, 15) is 0 Å². The molecule has 0 unspecified atom stereocenters. The quantitative estimate of drug-likeness (QED) is 0.839. The molecule has 2 rings (SSSR count). The van der Waals surface area contributed by atoms with Gasteiger partial charge < -0.3 is 10.1 Å². The van der Waals surface area contributed by atoms with Gasteiger partial charge in [0.1, 0.15) is 0 Å². The van der Waals surface area contributed by atoms with Crippen LogP contribution < -0.4 is 5.32 Å². The molecular formula is C14H21NO. The van der Waals surface area contributed by atoms with Crippen LogP contribution in [0, 0.1) is 13.8 Å². The molecule has 0 radical (unpaired) electrons. The van der Waals surface area contributed by atoms with Crippen molar-refractivity contribution in [3.05, 3.63) is 29.3 Å². The molecule has 1 aliphatic carbocycles. The fourth-order valence-corrected chi connectivity index (χ4v) is 2.17. The lowest BCUT2D eigenvalue weighted by Gasteiger charge is -2.36. The minimum Gasteiger partial charge on any atom is -0.382 e. The summed E-state index contributed by atoms with van der Waals surface area (Å²) in [6.07, 6.45) is 2.76. The second-order valence-electron chi connectivity index (χ2n) is 4.71. The maximum absolute atomic E-state index is 5.56. The maximum atomic E-state index is 5.56. The van der Waals surface area contributed by atoms with Gasteiger partial charge in [-0.25, -0.2) is 0 Å². The van der Waals surface area contributed by atoms with Crippen LogP contribution in [-0.2, 0) is 4.74 Å². The van der Waals surface area contributed by atoms with Gasteiger partial charge in [0.2, 0.25) is 0 Å². The molecule has 0 bridgehead atoms. The van der Waals surface area contributed by atoms with Crippen LogP contribution in [0.25, 0.3) is 0 Å². The first-order valence-electron chi connectivity index (χ1n) is 6.14. The number of hydrogen-bond donors (Lipinski definition) is 1. The molecule has 0 spiro atoms. The van der Waals surface area contributed by atoms with Crippen molar-refractivity contribution in [1.82, 2.24) is 0 Å². The van der Waals surface area contributed by atoms with Crippen molar-refractivity contribution in [2.24, 2.45) is 0 Å². The van der Waals surface area contributed by atoms with E-state index in [1.807, 2.05) is 0 Å². The van der Waals surface area contributed by atoms with Gasteiger partial charge in [-0.3, -0.25) is 0 Å². The van der Waals surface area contributed by atoms with E-state index in [0.29, 0.717) is 12.1 Å². The van der Waals surface area contributed by atoms with Crippen molar-refractivity contribution >= 4 is 5.69 Å². The van der Waals surface area contributed by atoms with Gasteiger partial charge in [0.25, 0.3) is 0 Å². The molecule has 0 aromatic heterocycles. The number of benzene rings is 1. The molecule has 16 heavy (non-hydrogen) atoms. The lowest BCUT2D eigenvalue weighted by Crippen LogP contribution is -2.40. The molecule has 2 heteroatoms. The van der Waals surface area contributed by atoms with E-state index in [4.69, 9.17) is 4.74 Å². The van der Waals surface area contributed by atoms with Crippen molar-refractivity contribution in [2.45, 2.75) is 45.8 Å². The van der Waals surface area contributed by atoms with Gasteiger partial charge in [-0.05, 0) is 50.8 Å². The van der Waals surface area contributed by atoms with E-state index in [1.54, 1.807) is 0 Å². The van der Waals surface area contributed by atoms with E-state index in [-0.39, 0.29) is 0 Å². The van der Waals surface area contributed by atoms with Gasteiger partial charge in [0.15, 0.2) is 0 Å². The third-order valence-electron chi connectivity index (χ3n) is 3.25. The molecule has 1 aliphatic rings. The summed E-state index contributed by atoms with van der Waals surface area (Å²) in [7, 11) is 0. The van der Waals surface area contributed by atoms with E-state index in [1.165, 1.54) is 16.8 Å². The summed E-state index contributed by atoms with van der Waals surface area (Å²) in [6, 6.07) is 7.15. The van der Waals surface area contributed by atoms with Crippen molar-refractivity contribution in [1.29, 1.82) is 0 Å². The number of rotatable bonds is 4. The zero-order valence-corrected chi connectivity index (χ0v) is 10.4. The lowest BCUT2D eigenvalue weighted by molar-refractivity contribution is 0.00298. The van der Waals surface area contributed by atoms with E-state index < -0.39 is 0 Å². The van der Waals surface area contributed by atoms with Crippen LogP contribution in [0.4, 0.5) is 5.69 Å². The Bertz CT molecular complexity index is 356. The van der Waals surface area contributed by atoms with Gasteiger partial charge >= 0.3 is 0 Å². The SMILES string of the molecule is CCOC1CC(Nc2cc(C)ccc2C)C1. The Morgan fingerprint density at radius 1 is 1.31 bits per heavy atom. The Morgan fingerprint density at radius 3 is 2.75 bits per heavy atom. The highest BCUT2D eigenvalue weighted by Gasteiger charge is 2.29. The first-order valence-corrected chi connectivity index (χ1v) is 6.14. The molecule has 2 nitrogen and oxygen atoms in total. The van der Waals surface area contributed by atoms with Gasteiger partial charge in [0, 0.05) is 18.3 Å². The Hall–Kier alpha value is -1.02. The van der Waals surface area contributed by atoms with Crippen LogP contribution >= 0.6 is 0 Å². The van der Waals surface area contributed by atoms with Crippen LogP contribution in [0.5, 0.6) is 0 Å². The molecule has 0 heterocycles. The van der Waals surface area contributed by atoms with Gasteiger partial charge in [-0.1, -0.05) is 12.1 Å². The summed E-state index contributed by atoms with van der Waals surface area (Å²) in [5, 5.41) is 3.60. The van der Waals surface area contributed by atoms with Gasteiger partial charge in [-0.15, -0.1) is 0 Å². The fourth-order valence-electron chi connectivity index (χ4n) is 2.17. The fraction of sp³-hybridized carbons (Fsp3) is 0.571. The summed E-state index contributed by atoms with van der Waals surface area (Å²) < 4.78 is 5.56. The third kappa shape index (κ3) is 2.56. The molecule has 1 aromatic carbocycles. The number of ether oxygens (including phenoxy) is 1. The van der Waals surface area contributed by atoms with Crippen LogP contribution in [0.1, 0.15) is 30.9 Å². The second-order valence-corrected chi connectivity index (χ2v) is 4.71. The predicted octanol–water partition coefficient (Wildman–Crippen LogP) is 3.28. The minimum absolute atomic E-state index is 0.479. The lowest BCUT2D eigenvalue weighted by atomic mass is 9.88. The molecule has 1 N–H and O–H groups in total. The zero-order valence-electron chi connectivity index (χ0n) is 10.4. The van der Waals surface area contributed by atoms with Crippen LogP contribution in [0.3, 0.4) is 0 Å². The first-order chi connectivity index (χ1) is 7.69. The van der Waals surface area contributed by atoms with Crippen LogP contribution in [0.2, 0.25) is 0 Å². The predicted molar refractivity (Wildman–Crippen MR) is 68.0 cm³/mol. The summed E-state index contributed by atoms with van der Waals surface area (Å²) in [5.41, 5.74) is 3.92. The van der Waals surface area contributed by atoms with Crippen molar-refractivity contribution in [2.75, 3.05) is 11.9 Å². The summed E-state index contributed by atoms with van der Waals surface area (Å²) >= 11 is 0. The van der Waals surface area contributed by atoms with Crippen LogP contribution in [0.15, 0.2) is 18.2 Å². The van der Waals surface area contributed by atoms with Gasteiger partial charge in [-0.2, -0.15) is 0 Å². The highest BCUT2D eigenvalue weighted by molar-refractivity contribution is 5.53. The number of aryl methyl sites for hydroxylation is 2. The average molecular weight is 219 g/mol. The Balaban J connectivity index is 1.89. The monoisotopic (exact) mass is 219 g/mol. The molecule has 0 amide bonds. The second kappa shape index (κ2) is 4.88. The first kappa shape index (κ1) is 11.5. The van der Waals surface area contributed by atoms with Crippen molar-refractivity contribution < 1.29 is 4.74 Å². The summed E-state index contributed by atoms with van der Waals surface area (Å²) in [5.74, 6) is 0. The van der Waals surface area contributed by atoms with Crippen molar-refractivity contribution in [3.63, 3.8) is 0 Å². The number of nitrogens with one attached hydrogen (secondary N) is 1. The molecule has 0 aliphatic heterocycles. The minimum atomic E-state index is 0.479. The van der Waals surface area contributed by atoms with E-state index in [2.05, 4.69) is 44.3 Å². The third-order valence-corrected chi connectivity index (χ3v) is 3.25. The molecule has 1 saturated carbocycles. The van der Waals surface area contributed by atoms with Gasteiger partial charge in [0.05, 0.1) is 6.10 Å². The topological polar surface area (TPSA) is 21.3 Å². The normalized spacial score (nSPS) is 23.9. The number of anilines is 1. The molecule has 1 aromatic rings. The number of hydrogen-bond acceptors (Lipinski definition) is 2. The largest absolute Gasteiger partial charge is 0.382 e. The molecular weight excluding hydrogens is 198 g/mol. The molecule has 1 fully saturated rings. The highest BCUT2D eigenvalue weighted by Crippen LogP contribution is 2.28. The Labute approximate surface area is 98.0 Å².